The zero-order valence-corrected chi connectivity index (χ0v) is 20.2. The van der Waals surface area contributed by atoms with E-state index in [9.17, 15) is 0 Å². The van der Waals surface area contributed by atoms with Crippen LogP contribution in [0.25, 0.3) is 11.2 Å². The van der Waals surface area contributed by atoms with E-state index in [1.165, 1.54) is 11.9 Å². The number of nitrogens with one attached hydrogen (secondary N) is 1. The summed E-state index contributed by atoms with van der Waals surface area (Å²) in [6, 6.07) is 7.79. The molecule has 0 bridgehead atoms. The monoisotopic (exact) mass is 502 g/mol. The van der Waals surface area contributed by atoms with Gasteiger partial charge in [0, 0.05) is 0 Å². The number of methoxy groups -OCH3 is 2. The van der Waals surface area contributed by atoms with Gasteiger partial charge >= 0.3 is 5.65 Å². The highest BCUT2D eigenvalue weighted by Gasteiger charge is 2.21. The van der Waals surface area contributed by atoms with Gasteiger partial charge in [-0.1, -0.05) is 22.7 Å². The Kier molecular flexibility index (Phi) is 9.43. The Hall–Kier alpha value is -3.16. The molecule has 3 aromatic rings. The van der Waals surface area contributed by atoms with E-state index in [2.05, 4.69) is 41.4 Å². The molecule has 0 radical (unpaired) electrons. The van der Waals surface area contributed by atoms with E-state index in [1.807, 2.05) is 33.7 Å². The van der Waals surface area contributed by atoms with E-state index in [0.717, 1.165) is 16.7 Å². The topological polar surface area (TPSA) is 98.1 Å². The predicted octanol–water partition coefficient (Wildman–Crippen LogP) is 0.164. The third-order valence-corrected chi connectivity index (χ3v) is 4.66. The summed E-state index contributed by atoms with van der Waals surface area (Å²) >= 11 is 0. The number of anilines is 1. The maximum Gasteiger partial charge on any atom is 0.307 e. The fourth-order valence-electron chi connectivity index (χ4n) is 3.11. The fraction of sp³-hybridized carbons (Fsp3) is 0.364. The third kappa shape index (κ3) is 5.96. The molecule has 10 heteroatoms. The smallest absolute Gasteiger partial charge is 0.307 e. The largest absolute Gasteiger partial charge is 1.00 e. The van der Waals surface area contributed by atoms with Gasteiger partial charge in [-0.05, 0) is 31.5 Å². The average molecular weight is 503 g/mol. The molecule has 3 rings (SSSR count). The van der Waals surface area contributed by atoms with Crippen LogP contribution in [0.3, 0.4) is 0 Å². The van der Waals surface area contributed by atoms with Gasteiger partial charge in [0.1, 0.15) is 0 Å². The Morgan fingerprint density at radius 1 is 1.22 bits per heavy atom. The molecule has 0 saturated carbocycles. The van der Waals surface area contributed by atoms with E-state index in [0.29, 0.717) is 43.4 Å². The van der Waals surface area contributed by atoms with Crippen molar-refractivity contribution < 1.29 is 35.9 Å². The van der Waals surface area contributed by atoms with Crippen LogP contribution in [0.2, 0.25) is 0 Å². The standard InChI is InChI=1S/C22H27N6O3.BrH/c1-16(2)8-11-27-15-28(10-5-9-23)22-20(27)21(24-14-25-22)26-31-13-17-6-7-18(29-3)19(12-17)30-4;/h6-8,12,14-15H,5,10-11,13H2,1-4H3,(H,24,25,26);1H/q+1;/p-1. The molecule has 170 valence electrons. The molecule has 0 aliphatic heterocycles. The van der Waals surface area contributed by atoms with Crippen molar-refractivity contribution in [1.82, 2.24) is 14.5 Å². The number of aromatic nitrogens is 4. The van der Waals surface area contributed by atoms with Gasteiger partial charge in [-0.15, -0.1) is 0 Å². The molecular weight excluding hydrogens is 476 g/mol. The number of halogens is 1. The molecule has 1 N–H and O–H groups in total. The van der Waals surface area contributed by atoms with Crippen molar-refractivity contribution in [3.8, 4) is 17.6 Å². The number of allylic oxidation sites excluding steroid dienone is 2. The summed E-state index contributed by atoms with van der Waals surface area (Å²) in [4.78, 5) is 14.5. The fourth-order valence-corrected chi connectivity index (χ4v) is 3.11. The molecule has 0 aliphatic carbocycles. The molecule has 2 heterocycles. The second-order valence-corrected chi connectivity index (χ2v) is 7.13. The quantitative estimate of drug-likeness (QED) is 0.239. The minimum Gasteiger partial charge on any atom is -1.00 e. The lowest BCUT2D eigenvalue weighted by Gasteiger charge is -2.10. The molecular formula is C22H27BrN6O3. The summed E-state index contributed by atoms with van der Waals surface area (Å²) in [5, 5.41) is 8.97. The molecule has 0 amide bonds. The van der Waals surface area contributed by atoms with Crippen LogP contribution in [0.1, 0.15) is 25.8 Å². The number of fused-ring (bicyclic) bond motifs is 1. The summed E-state index contributed by atoms with van der Waals surface area (Å²) in [6.07, 6.45) is 5.96. The second kappa shape index (κ2) is 12.0. The zero-order valence-electron chi connectivity index (χ0n) is 18.6. The van der Waals surface area contributed by atoms with Gasteiger partial charge in [0.2, 0.25) is 5.52 Å². The normalized spacial score (nSPS) is 10.2. The molecule has 1 aromatic carbocycles. The van der Waals surface area contributed by atoms with Gasteiger partial charge in [-0.3, -0.25) is 9.40 Å². The third-order valence-electron chi connectivity index (χ3n) is 4.66. The number of hydrogen-bond donors (Lipinski definition) is 1. The van der Waals surface area contributed by atoms with Crippen LogP contribution in [0.15, 0.2) is 42.5 Å². The van der Waals surface area contributed by atoms with Crippen molar-refractivity contribution in [2.75, 3.05) is 19.7 Å². The average Bonchev–Trinajstić information content (AvgIpc) is 3.14. The van der Waals surface area contributed by atoms with Crippen LogP contribution < -0.4 is 36.5 Å². The van der Waals surface area contributed by atoms with E-state index >= 15 is 0 Å². The maximum absolute atomic E-state index is 8.97. The first-order valence-electron chi connectivity index (χ1n) is 9.89. The predicted molar refractivity (Wildman–Crippen MR) is 115 cm³/mol. The van der Waals surface area contributed by atoms with Gasteiger partial charge < -0.3 is 26.5 Å². The number of benzene rings is 1. The van der Waals surface area contributed by atoms with Gasteiger partial charge in [0.05, 0.1) is 46.4 Å². The molecule has 0 unspecified atom stereocenters. The highest BCUT2D eigenvalue weighted by atomic mass is 79.9. The molecule has 2 aromatic heterocycles. The van der Waals surface area contributed by atoms with Crippen LogP contribution in [0, 0.1) is 11.3 Å². The van der Waals surface area contributed by atoms with E-state index in [-0.39, 0.29) is 17.0 Å². The number of hydrogen-bond acceptors (Lipinski definition) is 7. The van der Waals surface area contributed by atoms with Crippen molar-refractivity contribution in [2.45, 2.75) is 40.0 Å². The first-order valence-corrected chi connectivity index (χ1v) is 9.89. The number of aryl methyl sites for hydroxylation is 1. The molecule has 32 heavy (non-hydrogen) atoms. The summed E-state index contributed by atoms with van der Waals surface area (Å²) in [5.41, 5.74) is 6.63. The zero-order chi connectivity index (χ0) is 22.2. The Morgan fingerprint density at radius 2 is 2.00 bits per heavy atom. The van der Waals surface area contributed by atoms with Crippen molar-refractivity contribution in [2.24, 2.45) is 0 Å². The Bertz CT molecular complexity index is 1120. The second-order valence-electron chi connectivity index (χ2n) is 7.13. The summed E-state index contributed by atoms with van der Waals surface area (Å²) in [5.74, 6) is 1.86. The lowest BCUT2D eigenvalue weighted by atomic mass is 10.2. The van der Waals surface area contributed by atoms with E-state index < -0.39 is 0 Å². The van der Waals surface area contributed by atoms with Crippen molar-refractivity contribution in [3.63, 3.8) is 0 Å². The van der Waals surface area contributed by atoms with Crippen molar-refractivity contribution in [1.29, 1.82) is 5.26 Å². The Morgan fingerprint density at radius 3 is 2.69 bits per heavy atom. The number of nitriles is 1. The Balaban J connectivity index is 0.00000363. The van der Waals surface area contributed by atoms with Crippen molar-refractivity contribution in [3.05, 3.63) is 48.1 Å². The van der Waals surface area contributed by atoms with Crippen LogP contribution in [-0.4, -0.2) is 28.8 Å². The van der Waals surface area contributed by atoms with Crippen LogP contribution in [0.5, 0.6) is 11.5 Å². The van der Waals surface area contributed by atoms with Crippen LogP contribution in [0.4, 0.5) is 5.82 Å². The van der Waals surface area contributed by atoms with Crippen LogP contribution >= 0.6 is 0 Å². The molecule has 0 fully saturated rings. The van der Waals surface area contributed by atoms with Gasteiger partial charge in [-0.25, -0.2) is 10.0 Å². The number of imidazole rings is 1. The van der Waals surface area contributed by atoms with Gasteiger partial charge in [0.15, 0.2) is 30.0 Å². The lowest BCUT2D eigenvalue weighted by molar-refractivity contribution is -0.672. The van der Waals surface area contributed by atoms with E-state index in [1.54, 1.807) is 14.2 Å². The van der Waals surface area contributed by atoms with E-state index in [4.69, 9.17) is 19.6 Å². The molecule has 0 aliphatic rings. The van der Waals surface area contributed by atoms with Crippen molar-refractivity contribution >= 4 is 17.0 Å². The summed E-state index contributed by atoms with van der Waals surface area (Å²) < 4.78 is 14.6. The van der Waals surface area contributed by atoms with Crippen LogP contribution in [-0.2, 0) is 24.5 Å². The first kappa shape index (κ1) is 25.1. The van der Waals surface area contributed by atoms with Gasteiger partial charge in [-0.2, -0.15) is 10.2 Å². The molecule has 0 atom stereocenters. The number of rotatable bonds is 10. The maximum atomic E-state index is 8.97. The summed E-state index contributed by atoms with van der Waals surface area (Å²) in [6.45, 7) is 5.62. The first-order chi connectivity index (χ1) is 15.1. The summed E-state index contributed by atoms with van der Waals surface area (Å²) in [7, 11) is 3.20. The lowest BCUT2D eigenvalue weighted by Crippen LogP contribution is -3.00. The SMILES string of the molecule is COc1ccc(CONc2ncnc3c2n(CC=C(C)C)c[n+]3CCC#N)cc1OC.[Br-]. The highest BCUT2D eigenvalue weighted by Crippen LogP contribution is 2.28. The molecule has 9 nitrogen and oxygen atoms in total. The molecule has 0 saturated heterocycles. The highest BCUT2D eigenvalue weighted by molar-refractivity contribution is 5.80. The molecule has 0 spiro atoms. The minimum atomic E-state index is 0. The number of ether oxygens (including phenoxy) is 2. The van der Waals surface area contributed by atoms with Gasteiger partial charge in [0.25, 0.3) is 0 Å². The minimum absolute atomic E-state index is 0. The Labute approximate surface area is 198 Å². The number of nitrogens with zero attached hydrogens (tertiary/aromatic N) is 5.